The van der Waals surface area contributed by atoms with Crippen LogP contribution in [0.25, 0.3) is 0 Å². The van der Waals surface area contributed by atoms with Gasteiger partial charge in [0.1, 0.15) is 0 Å². The first kappa shape index (κ1) is 4.74. The van der Waals surface area contributed by atoms with E-state index in [2.05, 4.69) is 6.42 Å². The van der Waals surface area contributed by atoms with Crippen molar-refractivity contribution in [2.75, 3.05) is 0 Å². The van der Waals surface area contributed by atoms with Crippen LogP contribution in [-0.4, -0.2) is 0 Å². The Morgan fingerprint density at radius 1 is 1.60 bits per heavy atom. The summed E-state index contributed by atoms with van der Waals surface area (Å²) < 4.78 is 0. The van der Waals surface area contributed by atoms with E-state index in [0.29, 0.717) is 0 Å². The molecule has 2 radical (unpaired) electrons. The quantitative estimate of drug-likeness (QED) is 0.438. The first-order valence-electron chi connectivity index (χ1n) is 1.70. The topological polar surface area (TPSA) is 0 Å². The zero-order valence-corrected chi connectivity index (χ0v) is 3.65. The van der Waals surface area contributed by atoms with Gasteiger partial charge >= 0.3 is 0 Å². The molecule has 0 aromatic rings. The van der Waals surface area contributed by atoms with Crippen molar-refractivity contribution in [1.82, 2.24) is 0 Å². The van der Waals surface area contributed by atoms with Gasteiger partial charge in [-0.05, 0) is 6.92 Å². The van der Waals surface area contributed by atoms with Crippen molar-refractivity contribution < 1.29 is 0 Å². The first-order chi connectivity index (χ1) is 2.41. The molecule has 0 saturated carbocycles. The van der Waals surface area contributed by atoms with Crippen LogP contribution in [0, 0.1) is 6.42 Å². The lowest BCUT2D eigenvalue weighted by Crippen LogP contribution is -1.45. The molecule has 0 nitrogen and oxygen atoms in total. The largest absolute Gasteiger partial charge is 0.0910 e. The maximum atomic E-state index is 2.84. The van der Waals surface area contributed by atoms with Gasteiger partial charge in [0.05, 0.1) is 0 Å². The van der Waals surface area contributed by atoms with Crippen LogP contribution in [0.2, 0.25) is 0 Å². The van der Waals surface area contributed by atoms with Crippen LogP contribution in [-0.2, 0) is 0 Å². The molecule has 5 heavy (non-hydrogen) atoms. The molecule has 0 aliphatic carbocycles. The van der Waals surface area contributed by atoms with Gasteiger partial charge in [-0.3, -0.25) is 0 Å². The van der Waals surface area contributed by atoms with Crippen molar-refractivity contribution in [3.8, 4) is 0 Å². The Labute approximate surface area is 33.5 Å². The second kappa shape index (κ2) is 3.74. The van der Waals surface area contributed by atoms with Crippen LogP contribution in [0.15, 0.2) is 12.2 Å². The fraction of sp³-hybridized carbons (Fsp3) is 0.400. The van der Waals surface area contributed by atoms with Gasteiger partial charge in [-0.2, -0.15) is 0 Å². The Morgan fingerprint density at radius 2 is 2.20 bits per heavy atom. The molecular formula is C5H8. The molecule has 0 N–H and O–H groups in total. The van der Waals surface area contributed by atoms with Gasteiger partial charge in [0.15, 0.2) is 0 Å². The molecule has 0 unspecified atom stereocenters. The van der Waals surface area contributed by atoms with Crippen LogP contribution >= 0.6 is 0 Å². The summed E-state index contributed by atoms with van der Waals surface area (Å²) in [6.07, 6.45) is 6.66. The van der Waals surface area contributed by atoms with Crippen LogP contribution in [0.1, 0.15) is 13.8 Å². The minimum atomic E-state index is 1.88. The highest BCUT2D eigenvalue weighted by Gasteiger charge is 1.54. The summed E-state index contributed by atoms with van der Waals surface area (Å²) in [7, 11) is 0. The van der Waals surface area contributed by atoms with Crippen LogP contribution in [0.4, 0.5) is 0 Å². The molecule has 0 heterocycles. The monoisotopic (exact) mass is 68.1 g/mol. The second-order valence-corrected chi connectivity index (χ2v) is 0.789. The summed E-state index contributed by atoms with van der Waals surface area (Å²) in [6.45, 7) is 3.84. The molecule has 0 rings (SSSR count). The smallest absolute Gasteiger partial charge is 0.00469 e. The van der Waals surface area contributed by atoms with Crippen molar-refractivity contribution >= 4 is 0 Å². The van der Waals surface area contributed by atoms with E-state index >= 15 is 0 Å². The van der Waals surface area contributed by atoms with Crippen LogP contribution < -0.4 is 0 Å². The maximum Gasteiger partial charge on any atom is 0.00469 e. The first-order valence-corrected chi connectivity index (χ1v) is 1.70. The molecule has 28 valence electrons. The summed E-state index contributed by atoms with van der Waals surface area (Å²) in [5.74, 6) is 0. The van der Waals surface area contributed by atoms with Crippen LogP contribution in [0.5, 0.6) is 0 Å². The van der Waals surface area contributed by atoms with E-state index in [0.717, 1.165) is 0 Å². The number of hydrogen-bond donors (Lipinski definition) is 0. The molecule has 0 saturated heterocycles. The van der Waals surface area contributed by atoms with E-state index < -0.39 is 0 Å². The van der Waals surface area contributed by atoms with Gasteiger partial charge in [0.2, 0.25) is 0 Å². The van der Waals surface area contributed by atoms with E-state index in [-0.39, 0.29) is 0 Å². The average molecular weight is 68.1 g/mol. The second-order valence-electron chi connectivity index (χ2n) is 0.789. The third-order valence-corrected chi connectivity index (χ3v) is 0.333. The molecule has 0 fully saturated rings. The summed E-state index contributed by atoms with van der Waals surface area (Å²) in [5, 5.41) is 0. The molecule has 0 atom stereocenters. The van der Waals surface area contributed by atoms with Gasteiger partial charge in [0, 0.05) is 6.42 Å². The number of allylic oxidation sites excluding steroid dienone is 2. The summed E-state index contributed by atoms with van der Waals surface area (Å²) in [6, 6.07) is 0. The van der Waals surface area contributed by atoms with Crippen LogP contribution in [0.3, 0.4) is 0 Å². The Bertz CT molecular complexity index is 27.0. The highest BCUT2D eigenvalue weighted by atomic mass is 13.6. The molecule has 0 aliphatic rings. The lowest BCUT2D eigenvalue weighted by molar-refractivity contribution is 1.53. The molecule has 0 aromatic heterocycles. The predicted octanol–water partition coefficient (Wildman–Crippen LogP) is 1.66. The molecule has 0 amide bonds. The van der Waals surface area contributed by atoms with E-state index in [1.165, 1.54) is 0 Å². The van der Waals surface area contributed by atoms with E-state index in [1.54, 1.807) is 0 Å². The highest BCUT2D eigenvalue weighted by molar-refractivity contribution is 4.87. The van der Waals surface area contributed by atoms with E-state index in [9.17, 15) is 0 Å². The predicted molar refractivity (Wildman–Crippen MR) is 23.7 cm³/mol. The average Bonchev–Trinajstić information content (AvgIpc) is 1.41. The number of rotatable bonds is 1. The van der Waals surface area contributed by atoms with Crippen molar-refractivity contribution in [1.29, 1.82) is 0 Å². The molecule has 0 aromatic carbocycles. The van der Waals surface area contributed by atoms with Gasteiger partial charge in [0.25, 0.3) is 0 Å². The van der Waals surface area contributed by atoms with E-state index in [1.807, 2.05) is 26.0 Å². The fourth-order valence-corrected chi connectivity index (χ4v) is 0.167. The lowest BCUT2D eigenvalue weighted by atomic mass is 10.4. The Morgan fingerprint density at radius 3 is 2.20 bits per heavy atom. The Hall–Kier alpha value is -0.260. The SMILES string of the molecule is C[C]/C=C/C. The zero-order valence-electron chi connectivity index (χ0n) is 3.65. The van der Waals surface area contributed by atoms with Gasteiger partial charge in [-0.25, -0.2) is 0 Å². The third-order valence-electron chi connectivity index (χ3n) is 0.333. The minimum absolute atomic E-state index is 1.88. The van der Waals surface area contributed by atoms with Crippen molar-refractivity contribution in [2.45, 2.75) is 13.8 Å². The zero-order chi connectivity index (χ0) is 4.12. The van der Waals surface area contributed by atoms with Crippen molar-refractivity contribution in [2.24, 2.45) is 0 Å². The molecule has 0 spiro atoms. The van der Waals surface area contributed by atoms with E-state index in [4.69, 9.17) is 0 Å². The molecule has 0 bridgehead atoms. The minimum Gasteiger partial charge on any atom is -0.0910 e. The maximum absolute atomic E-state index is 2.84. The Kier molecular flexibility index (Phi) is 3.55. The lowest BCUT2D eigenvalue weighted by Gasteiger charge is -1.63. The van der Waals surface area contributed by atoms with Crippen molar-refractivity contribution in [3.05, 3.63) is 18.6 Å². The molecular weight excluding hydrogens is 60.1 g/mol. The van der Waals surface area contributed by atoms with Gasteiger partial charge in [-0.1, -0.05) is 19.1 Å². The molecule has 0 aliphatic heterocycles. The third kappa shape index (κ3) is 3.74. The van der Waals surface area contributed by atoms with Gasteiger partial charge in [-0.15, -0.1) is 0 Å². The van der Waals surface area contributed by atoms with Gasteiger partial charge < -0.3 is 0 Å². The van der Waals surface area contributed by atoms with Crippen molar-refractivity contribution in [3.63, 3.8) is 0 Å². The highest BCUT2D eigenvalue weighted by Crippen LogP contribution is 1.71. The standard InChI is InChI=1S/C5H8/c1-3-5-4-2/h3,5H,1-2H3/b5-3+. The summed E-state index contributed by atoms with van der Waals surface area (Å²) in [4.78, 5) is 0. The normalized spacial score (nSPS) is 10.0. The Balaban J connectivity index is 2.62. The summed E-state index contributed by atoms with van der Waals surface area (Å²) in [5.41, 5.74) is 0. The summed E-state index contributed by atoms with van der Waals surface area (Å²) >= 11 is 0. The molecule has 0 heteroatoms. The number of hydrogen-bond acceptors (Lipinski definition) is 0. The fourth-order valence-electron chi connectivity index (χ4n) is 0.167.